The summed E-state index contributed by atoms with van der Waals surface area (Å²) in [5.74, 6) is -0.0509. The molecule has 0 spiro atoms. The molecule has 1 aliphatic heterocycles. The lowest BCUT2D eigenvalue weighted by atomic mass is 10.0. The maximum Gasteiger partial charge on any atom is 0.407 e. The minimum absolute atomic E-state index is 0.0509. The van der Waals surface area contributed by atoms with Crippen molar-refractivity contribution in [3.63, 3.8) is 0 Å². The zero-order valence-electron chi connectivity index (χ0n) is 15.5. The van der Waals surface area contributed by atoms with E-state index >= 15 is 0 Å². The van der Waals surface area contributed by atoms with Crippen LogP contribution in [0.3, 0.4) is 0 Å². The average molecular weight is 355 g/mol. The van der Waals surface area contributed by atoms with Gasteiger partial charge in [-0.05, 0) is 39.0 Å². The summed E-state index contributed by atoms with van der Waals surface area (Å²) < 4.78 is 5.31. The molecule has 0 bridgehead atoms. The van der Waals surface area contributed by atoms with Gasteiger partial charge in [0.2, 0.25) is 0 Å². The standard InChI is InChI=1S/C20H25N3O3/c1-20(2,3)26-19(25)22-15-8-6-10-23(13-15)18(24)17-12-21-11-14-7-4-5-9-16(14)17/h4-5,7,9,11-12,15H,6,8,10,13H2,1-3H3,(H,22,25). The van der Waals surface area contributed by atoms with Gasteiger partial charge in [0.1, 0.15) is 5.60 Å². The van der Waals surface area contributed by atoms with Crippen molar-refractivity contribution in [2.75, 3.05) is 13.1 Å². The van der Waals surface area contributed by atoms with Crippen LogP contribution in [-0.4, -0.2) is 46.6 Å². The highest BCUT2D eigenvalue weighted by molar-refractivity contribution is 6.06. The normalized spacial score (nSPS) is 17.8. The number of nitrogens with one attached hydrogen (secondary N) is 1. The number of benzene rings is 1. The van der Waals surface area contributed by atoms with Crippen molar-refractivity contribution in [3.05, 3.63) is 42.2 Å². The van der Waals surface area contributed by atoms with Crippen molar-refractivity contribution in [2.24, 2.45) is 0 Å². The molecule has 1 aromatic heterocycles. The van der Waals surface area contributed by atoms with Crippen LogP contribution in [0.1, 0.15) is 44.0 Å². The Hall–Kier alpha value is -2.63. The molecule has 1 atom stereocenters. The quantitative estimate of drug-likeness (QED) is 0.897. The largest absolute Gasteiger partial charge is 0.444 e. The van der Waals surface area contributed by atoms with E-state index in [0.29, 0.717) is 18.7 Å². The fraction of sp³-hybridized carbons (Fsp3) is 0.450. The molecule has 3 rings (SSSR count). The zero-order valence-corrected chi connectivity index (χ0v) is 15.5. The predicted molar refractivity (Wildman–Crippen MR) is 100 cm³/mol. The first-order valence-electron chi connectivity index (χ1n) is 8.95. The number of aromatic nitrogens is 1. The number of fused-ring (bicyclic) bond motifs is 1. The van der Waals surface area contributed by atoms with E-state index in [1.165, 1.54) is 0 Å². The first-order valence-corrected chi connectivity index (χ1v) is 8.95. The SMILES string of the molecule is CC(C)(C)OC(=O)NC1CCCN(C(=O)c2cncc3ccccc23)C1. The zero-order chi connectivity index (χ0) is 18.7. The molecular formula is C20H25N3O3. The van der Waals surface area contributed by atoms with Gasteiger partial charge in [0.05, 0.1) is 5.56 Å². The summed E-state index contributed by atoms with van der Waals surface area (Å²) in [5.41, 5.74) is 0.0594. The van der Waals surface area contributed by atoms with E-state index in [2.05, 4.69) is 10.3 Å². The summed E-state index contributed by atoms with van der Waals surface area (Å²) >= 11 is 0. The van der Waals surface area contributed by atoms with Crippen molar-refractivity contribution in [1.29, 1.82) is 0 Å². The van der Waals surface area contributed by atoms with Crippen molar-refractivity contribution in [1.82, 2.24) is 15.2 Å². The number of carbonyl (C=O) groups is 2. The Balaban J connectivity index is 1.71. The molecule has 0 saturated carbocycles. The third-order valence-electron chi connectivity index (χ3n) is 4.33. The van der Waals surface area contributed by atoms with E-state index in [9.17, 15) is 9.59 Å². The van der Waals surface area contributed by atoms with E-state index in [1.807, 2.05) is 45.0 Å². The second-order valence-electron chi connectivity index (χ2n) is 7.64. The van der Waals surface area contributed by atoms with Gasteiger partial charge in [-0.15, -0.1) is 0 Å². The molecule has 2 amide bonds. The highest BCUT2D eigenvalue weighted by atomic mass is 16.6. The fourth-order valence-electron chi connectivity index (χ4n) is 3.21. The van der Waals surface area contributed by atoms with Gasteiger partial charge in [0, 0.05) is 36.9 Å². The first-order chi connectivity index (χ1) is 12.3. The van der Waals surface area contributed by atoms with Crippen LogP contribution in [-0.2, 0) is 4.74 Å². The lowest BCUT2D eigenvalue weighted by Crippen LogP contribution is -2.50. The Morgan fingerprint density at radius 3 is 2.77 bits per heavy atom. The number of nitrogens with zero attached hydrogens (tertiary/aromatic N) is 2. The van der Waals surface area contributed by atoms with Crippen LogP contribution in [0.5, 0.6) is 0 Å². The molecule has 0 aliphatic carbocycles. The molecule has 6 nitrogen and oxygen atoms in total. The number of amides is 2. The molecule has 1 saturated heterocycles. The van der Waals surface area contributed by atoms with Gasteiger partial charge in [-0.2, -0.15) is 0 Å². The Morgan fingerprint density at radius 1 is 1.23 bits per heavy atom. The van der Waals surface area contributed by atoms with E-state index in [0.717, 1.165) is 23.6 Å². The first kappa shape index (κ1) is 18.2. The number of hydrogen-bond acceptors (Lipinski definition) is 4. The molecule has 138 valence electrons. The molecule has 0 radical (unpaired) electrons. The van der Waals surface area contributed by atoms with E-state index in [4.69, 9.17) is 4.74 Å². The maximum absolute atomic E-state index is 13.0. The van der Waals surface area contributed by atoms with Crippen LogP contribution in [0.4, 0.5) is 4.79 Å². The second kappa shape index (κ2) is 7.32. The number of piperidine rings is 1. The molecule has 1 aliphatic rings. The lowest BCUT2D eigenvalue weighted by molar-refractivity contribution is 0.0452. The van der Waals surface area contributed by atoms with Crippen molar-refractivity contribution in [3.8, 4) is 0 Å². The fourth-order valence-corrected chi connectivity index (χ4v) is 3.21. The number of ether oxygens (including phenoxy) is 1. The number of hydrogen-bond donors (Lipinski definition) is 1. The second-order valence-corrected chi connectivity index (χ2v) is 7.64. The molecular weight excluding hydrogens is 330 g/mol. The Kier molecular flexibility index (Phi) is 5.11. The number of alkyl carbamates (subject to hydrolysis) is 1. The molecule has 1 N–H and O–H groups in total. The van der Waals surface area contributed by atoms with Gasteiger partial charge in [0.15, 0.2) is 0 Å². The van der Waals surface area contributed by atoms with E-state index < -0.39 is 11.7 Å². The molecule has 1 fully saturated rings. The third-order valence-corrected chi connectivity index (χ3v) is 4.33. The predicted octanol–water partition coefficient (Wildman–Crippen LogP) is 3.36. The van der Waals surface area contributed by atoms with Gasteiger partial charge in [0.25, 0.3) is 5.91 Å². The van der Waals surface area contributed by atoms with E-state index in [1.54, 1.807) is 17.3 Å². The molecule has 2 aromatic rings. The summed E-state index contributed by atoms with van der Waals surface area (Å²) in [6.45, 7) is 6.64. The van der Waals surface area contributed by atoms with Gasteiger partial charge < -0.3 is 15.0 Å². The van der Waals surface area contributed by atoms with Crippen LogP contribution in [0, 0.1) is 0 Å². The molecule has 1 aromatic carbocycles. The minimum Gasteiger partial charge on any atom is -0.444 e. The Morgan fingerprint density at radius 2 is 2.00 bits per heavy atom. The van der Waals surface area contributed by atoms with Gasteiger partial charge in [-0.25, -0.2) is 4.79 Å². The number of carbonyl (C=O) groups excluding carboxylic acids is 2. The number of likely N-dealkylation sites (tertiary alicyclic amines) is 1. The topological polar surface area (TPSA) is 71.5 Å². The number of pyridine rings is 1. The highest BCUT2D eigenvalue weighted by Crippen LogP contribution is 2.21. The van der Waals surface area contributed by atoms with E-state index in [-0.39, 0.29) is 11.9 Å². The van der Waals surface area contributed by atoms with Crippen LogP contribution in [0.15, 0.2) is 36.7 Å². The van der Waals surface area contributed by atoms with Crippen LogP contribution < -0.4 is 5.32 Å². The van der Waals surface area contributed by atoms with Crippen LogP contribution in [0.2, 0.25) is 0 Å². The summed E-state index contributed by atoms with van der Waals surface area (Å²) in [7, 11) is 0. The van der Waals surface area contributed by atoms with Crippen LogP contribution >= 0.6 is 0 Å². The minimum atomic E-state index is -0.539. The smallest absolute Gasteiger partial charge is 0.407 e. The van der Waals surface area contributed by atoms with Crippen molar-refractivity contribution >= 4 is 22.8 Å². The summed E-state index contributed by atoms with van der Waals surface area (Å²) in [5, 5.41) is 4.72. The van der Waals surface area contributed by atoms with Crippen molar-refractivity contribution < 1.29 is 14.3 Å². The van der Waals surface area contributed by atoms with Crippen LogP contribution in [0.25, 0.3) is 10.8 Å². The summed E-state index contributed by atoms with van der Waals surface area (Å²) in [6.07, 6.45) is 4.61. The third kappa shape index (κ3) is 4.31. The molecule has 1 unspecified atom stereocenters. The Labute approximate surface area is 153 Å². The molecule has 26 heavy (non-hydrogen) atoms. The number of rotatable bonds is 2. The van der Waals surface area contributed by atoms with Gasteiger partial charge in [-0.1, -0.05) is 24.3 Å². The summed E-state index contributed by atoms with van der Waals surface area (Å²) in [6, 6.07) is 7.63. The summed E-state index contributed by atoms with van der Waals surface area (Å²) in [4.78, 5) is 31.0. The average Bonchev–Trinajstić information content (AvgIpc) is 2.59. The van der Waals surface area contributed by atoms with Gasteiger partial charge >= 0.3 is 6.09 Å². The molecule has 2 heterocycles. The van der Waals surface area contributed by atoms with Gasteiger partial charge in [-0.3, -0.25) is 9.78 Å². The highest BCUT2D eigenvalue weighted by Gasteiger charge is 2.28. The lowest BCUT2D eigenvalue weighted by Gasteiger charge is -2.33. The van der Waals surface area contributed by atoms with Crippen molar-refractivity contribution in [2.45, 2.75) is 45.3 Å². The Bertz CT molecular complexity index is 808. The molecule has 6 heteroatoms. The monoisotopic (exact) mass is 355 g/mol. The maximum atomic E-state index is 13.0.